The van der Waals surface area contributed by atoms with E-state index in [4.69, 9.17) is 0 Å². The van der Waals surface area contributed by atoms with Crippen LogP contribution in [0.5, 0.6) is 0 Å². The van der Waals surface area contributed by atoms with Crippen LogP contribution in [0.3, 0.4) is 0 Å². The van der Waals surface area contributed by atoms with Gasteiger partial charge in [-0.1, -0.05) is 90.3 Å². The normalized spacial score (nSPS) is 11.3. The first kappa shape index (κ1) is 27.1. The van der Waals surface area contributed by atoms with Crippen molar-refractivity contribution < 1.29 is 19.1 Å². The Bertz CT molecular complexity index is 1410. The highest BCUT2D eigenvalue weighted by Gasteiger charge is 2.13. The first-order valence-electron chi connectivity index (χ1n) is 12.2. The second kappa shape index (κ2) is 13.0. The van der Waals surface area contributed by atoms with Gasteiger partial charge in [0.1, 0.15) is 12.4 Å². The Morgan fingerprint density at radius 3 is 2.47 bits per heavy atom. The van der Waals surface area contributed by atoms with E-state index in [9.17, 15) is 19.1 Å². The van der Waals surface area contributed by atoms with Crippen LogP contribution < -0.4 is 0 Å². The fourth-order valence-corrected chi connectivity index (χ4v) is 4.94. The Morgan fingerprint density at radius 2 is 1.74 bits per heavy atom. The molecule has 1 N–H and O–H groups in total. The summed E-state index contributed by atoms with van der Waals surface area (Å²) in [4.78, 5) is 24.4. The van der Waals surface area contributed by atoms with Crippen molar-refractivity contribution in [3.63, 3.8) is 0 Å². The molecule has 3 aromatic carbocycles. The van der Waals surface area contributed by atoms with Gasteiger partial charge in [-0.3, -0.25) is 9.59 Å². The number of aromatic nitrogens is 1. The Morgan fingerprint density at radius 1 is 0.974 bits per heavy atom. The van der Waals surface area contributed by atoms with Gasteiger partial charge in [0.05, 0.1) is 5.69 Å². The van der Waals surface area contributed by atoms with Crippen LogP contribution >= 0.6 is 11.9 Å². The lowest BCUT2D eigenvalue weighted by molar-refractivity contribution is -0.137. The summed E-state index contributed by atoms with van der Waals surface area (Å²) in [7, 11) is 0. The van der Waals surface area contributed by atoms with Gasteiger partial charge in [0.2, 0.25) is 5.78 Å². The molecule has 38 heavy (non-hydrogen) atoms. The predicted octanol–water partition coefficient (Wildman–Crippen LogP) is 6.62. The van der Waals surface area contributed by atoms with Crippen LogP contribution in [0.25, 0.3) is 6.08 Å². The average Bonchev–Trinajstić information content (AvgIpc) is 3.37. The number of rotatable bonds is 12. The molecule has 0 bridgehead atoms. The fraction of sp³-hybridized carbons (Fsp3) is 0.161. The molecule has 1 aromatic heterocycles. The zero-order valence-corrected chi connectivity index (χ0v) is 21.9. The number of carbonyl (C=O) groups is 2. The van der Waals surface area contributed by atoms with Crippen LogP contribution in [-0.2, 0) is 23.6 Å². The van der Waals surface area contributed by atoms with E-state index < -0.39 is 5.97 Å². The maximum absolute atomic E-state index is 13.2. The van der Waals surface area contributed by atoms with Crippen LogP contribution in [0, 0.1) is 12.7 Å². The minimum absolute atomic E-state index is 0.0120. The van der Waals surface area contributed by atoms with E-state index in [1.807, 2.05) is 90.5 Å². The number of carboxylic acid groups (broad SMARTS) is 1. The van der Waals surface area contributed by atoms with Gasteiger partial charge >= 0.3 is 5.97 Å². The van der Waals surface area contributed by atoms with Gasteiger partial charge in [0, 0.05) is 30.6 Å². The second-order valence-electron chi connectivity index (χ2n) is 8.98. The highest BCUT2D eigenvalue weighted by Crippen LogP contribution is 2.21. The highest BCUT2D eigenvalue weighted by atomic mass is 32.2. The number of carboxylic acids is 1. The number of hydrogen-bond acceptors (Lipinski definition) is 4. The molecule has 0 saturated carbocycles. The molecule has 4 aromatic rings. The van der Waals surface area contributed by atoms with Gasteiger partial charge in [-0.25, -0.2) is 8.70 Å². The van der Waals surface area contributed by atoms with Crippen molar-refractivity contribution in [3.8, 4) is 0 Å². The van der Waals surface area contributed by atoms with Crippen molar-refractivity contribution in [1.82, 2.24) is 8.87 Å². The molecule has 4 rings (SSSR count). The van der Waals surface area contributed by atoms with Crippen LogP contribution in [0.15, 0.2) is 97.2 Å². The molecule has 5 nitrogen and oxygen atoms in total. The standard InChI is InChI=1S/C31H29FN2O3S/c1-23-9-13-27(14-10-23)31(37)29-8-4-18-33(29)17-3-7-24-5-2-6-26(19-24)20-34(21-30(35)36)38-22-25-11-15-28(32)16-12-25/h2-16,18-19H,17,20-22H2,1H3,(H,35,36)/b7-3+. The quantitative estimate of drug-likeness (QED) is 0.166. The lowest BCUT2D eigenvalue weighted by Gasteiger charge is -2.19. The fourth-order valence-electron chi connectivity index (χ4n) is 3.98. The molecule has 0 spiro atoms. The molecule has 0 atom stereocenters. The number of halogens is 1. The summed E-state index contributed by atoms with van der Waals surface area (Å²) >= 11 is 1.41. The minimum Gasteiger partial charge on any atom is -0.480 e. The summed E-state index contributed by atoms with van der Waals surface area (Å²) in [6, 6.07) is 25.4. The Hall–Kier alpha value is -3.94. The third-order valence-corrected chi connectivity index (χ3v) is 7.02. The van der Waals surface area contributed by atoms with E-state index in [0.717, 1.165) is 22.3 Å². The van der Waals surface area contributed by atoms with E-state index in [0.29, 0.717) is 30.1 Å². The molecule has 0 amide bonds. The topological polar surface area (TPSA) is 62.5 Å². The second-order valence-corrected chi connectivity index (χ2v) is 10.0. The number of carbonyl (C=O) groups excluding carboxylic acids is 1. The van der Waals surface area contributed by atoms with Crippen LogP contribution in [0.1, 0.15) is 38.3 Å². The van der Waals surface area contributed by atoms with Gasteiger partial charge in [0.25, 0.3) is 0 Å². The van der Waals surface area contributed by atoms with E-state index >= 15 is 0 Å². The maximum Gasteiger partial charge on any atom is 0.318 e. The molecule has 0 radical (unpaired) electrons. The van der Waals surface area contributed by atoms with Crippen LogP contribution in [0.4, 0.5) is 4.39 Å². The number of benzene rings is 3. The third-order valence-electron chi connectivity index (χ3n) is 5.94. The molecule has 0 fully saturated rings. The lowest BCUT2D eigenvalue weighted by atomic mass is 10.1. The van der Waals surface area contributed by atoms with Crippen molar-refractivity contribution >= 4 is 29.8 Å². The smallest absolute Gasteiger partial charge is 0.318 e. The van der Waals surface area contributed by atoms with Crippen molar-refractivity contribution in [1.29, 1.82) is 0 Å². The van der Waals surface area contributed by atoms with Crippen molar-refractivity contribution in [2.24, 2.45) is 0 Å². The summed E-state index contributed by atoms with van der Waals surface area (Å²) in [5, 5.41) is 9.36. The van der Waals surface area contributed by atoms with Gasteiger partial charge in [-0.2, -0.15) is 0 Å². The summed E-state index contributed by atoms with van der Waals surface area (Å²) in [6.07, 6.45) is 5.89. The number of aliphatic carboxylic acids is 1. The number of allylic oxidation sites excluding steroid dienone is 1. The number of aryl methyl sites for hydroxylation is 1. The first-order chi connectivity index (χ1) is 18.4. The summed E-state index contributed by atoms with van der Waals surface area (Å²) in [5.74, 6) is -0.664. The number of hydrogen-bond donors (Lipinski definition) is 1. The predicted molar refractivity (Wildman–Crippen MR) is 150 cm³/mol. The molecule has 0 aliphatic rings. The molecular weight excluding hydrogens is 499 g/mol. The zero-order chi connectivity index (χ0) is 26.9. The summed E-state index contributed by atoms with van der Waals surface area (Å²) in [5.41, 5.74) is 5.30. The molecular formula is C31H29FN2O3S. The third kappa shape index (κ3) is 7.78. The number of ketones is 1. The van der Waals surface area contributed by atoms with Crippen molar-refractivity contribution in [2.75, 3.05) is 6.54 Å². The first-order valence-corrected chi connectivity index (χ1v) is 13.2. The Labute approximate surface area is 226 Å². The van der Waals surface area contributed by atoms with E-state index in [-0.39, 0.29) is 18.1 Å². The zero-order valence-electron chi connectivity index (χ0n) is 21.1. The largest absolute Gasteiger partial charge is 0.480 e. The SMILES string of the molecule is Cc1ccc(C(=O)c2cccn2C/C=C/c2cccc(CN(CC(=O)O)SCc3ccc(F)cc3)c2)cc1. The molecule has 7 heteroatoms. The Kier molecular flexibility index (Phi) is 9.30. The van der Waals surface area contributed by atoms with Crippen LogP contribution in [-0.4, -0.2) is 32.3 Å². The maximum atomic E-state index is 13.2. The van der Waals surface area contributed by atoms with Gasteiger partial charge < -0.3 is 9.67 Å². The molecule has 0 saturated heterocycles. The monoisotopic (exact) mass is 528 g/mol. The minimum atomic E-state index is -0.907. The lowest BCUT2D eigenvalue weighted by Crippen LogP contribution is -2.23. The van der Waals surface area contributed by atoms with E-state index in [2.05, 4.69) is 0 Å². The van der Waals surface area contributed by atoms with Crippen molar-refractivity contribution in [3.05, 3.63) is 137 Å². The molecule has 0 aliphatic carbocycles. The molecule has 0 unspecified atom stereocenters. The highest BCUT2D eigenvalue weighted by molar-refractivity contribution is 7.96. The molecule has 1 heterocycles. The van der Waals surface area contributed by atoms with Gasteiger partial charge in [-0.15, -0.1) is 0 Å². The van der Waals surface area contributed by atoms with Gasteiger partial charge in [-0.05, 0) is 47.9 Å². The van der Waals surface area contributed by atoms with E-state index in [1.165, 1.54) is 24.1 Å². The average molecular weight is 529 g/mol. The Balaban J connectivity index is 1.39. The summed E-state index contributed by atoms with van der Waals surface area (Å²) < 4.78 is 16.9. The van der Waals surface area contributed by atoms with Gasteiger partial charge in [0.15, 0.2) is 0 Å². The summed E-state index contributed by atoms with van der Waals surface area (Å²) in [6.45, 7) is 2.88. The van der Waals surface area contributed by atoms with Crippen LogP contribution in [0.2, 0.25) is 0 Å². The number of nitrogens with zero attached hydrogens (tertiary/aromatic N) is 2. The van der Waals surface area contributed by atoms with E-state index in [1.54, 1.807) is 16.4 Å². The molecule has 194 valence electrons. The van der Waals surface area contributed by atoms with Crippen molar-refractivity contribution in [2.45, 2.75) is 25.8 Å². The molecule has 0 aliphatic heterocycles.